The van der Waals surface area contributed by atoms with Gasteiger partial charge in [-0.2, -0.15) is 0 Å². The van der Waals surface area contributed by atoms with Gasteiger partial charge in [0.25, 0.3) is 0 Å². The fourth-order valence-corrected chi connectivity index (χ4v) is 4.00. The van der Waals surface area contributed by atoms with Gasteiger partial charge in [0.1, 0.15) is 12.6 Å². The zero-order valence-electron chi connectivity index (χ0n) is 18.5. The molecule has 0 saturated heterocycles. The topological polar surface area (TPSA) is 108 Å². The minimum atomic E-state index is -1.01. The van der Waals surface area contributed by atoms with Crippen molar-refractivity contribution in [3.63, 3.8) is 0 Å². The third-order valence-corrected chi connectivity index (χ3v) is 5.37. The van der Waals surface area contributed by atoms with Gasteiger partial charge in [0.15, 0.2) is 0 Å². The van der Waals surface area contributed by atoms with Crippen molar-refractivity contribution in [3.8, 4) is 11.1 Å². The molecule has 2 amide bonds. The minimum absolute atomic E-state index is 0.0788. The van der Waals surface area contributed by atoms with Crippen molar-refractivity contribution in [2.75, 3.05) is 27.2 Å². The molecule has 170 valence electrons. The van der Waals surface area contributed by atoms with Gasteiger partial charge in [-0.25, -0.2) is 4.79 Å². The molecule has 2 aromatic carbocycles. The van der Waals surface area contributed by atoms with Gasteiger partial charge in [0.05, 0.1) is 6.42 Å². The first-order valence-electron chi connectivity index (χ1n) is 10.5. The minimum Gasteiger partial charge on any atom is -0.481 e. The van der Waals surface area contributed by atoms with E-state index in [1.165, 1.54) is 0 Å². The van der Waals surface area contributed by atoms with Gasteiger partial charge in [0, 0.05) is 18.5 Å². The summed E-state index contributed by atoms with van der Waals surface area (Å²) in [6, 6.07) is 14.7. The number of carboxylic acid groups (broad SMARTS) is 1. The highest BCUT2D eigenvalue weighted by molar-refractivity contribution is 5.86. The molecule has 0 aliphatic heterocycles. The molecule has 0 heterocycles. The van der Waals surface area contributed by atoms with E-state index in [-0.39, 0.29) is 25.5 Å². The van der Waals surface area contributed by atoms with E-state index in [9.17, 15) is 14.4 Å². The number of nitrogens with zero attached hydrogens (tertiary/aromatic N) is 1. The molecule has 0 aromatic heterocycles. The Hall–Kier alpha value is -3.39. The lowest BCUT2D eigenvalue weighted by Crippen LogP contribution is -2.53. The number of alkyl carbamates (subject to hydrolysis) is 1. The number of rotatable bonds is 9. The lowest BCUT2D eigenvalue weighted by molar-refractivity contribution is -0.137. The quantitative estimate of drug-likeness (QED) is 0.554. The maximum atomic E-state index is 12.6. The monoisotopic (exact) mass is 439 g/mol. The van der Waals surface area contributed by atoms with Crippen LogP contribution < -0.4 is 10.6 Å². The van der Waals surface area contributed by atoms with Crippen LogP contribution in [0.3, 0.4) is 0 Å². The first kappa shape index (κ1) is 23.3. The highest BCUT2D eigenvalue weighted by atomic mass is 16.5. The lowest BCUT2D eigenvalue weighted by atomic mass is 9.98. The number of carbonyl (C=O) groups excluding carboxylic acids is 2. The summed E-state index contributed by atoms with van der Waals surface area (Å²) in [5.74, 6) is -1.54. The Balaban J connectivity index is 1.64. The zero-order chi connectivity index (χ0) is 23.3. The first-order valence-corrected chi connectivity index (χ1v) is 10.5. The predicted octanol–water partition coefficient (Wildman–Crippen LogP) is 2.43. The molecular formula is C24H29N3O5. The van der Waals surface area contributed by atoms with Crippen molar-refractivity contribution >= 4 is 18.0 Å². The van der Waals surface area contributed by atoms with Crippen LogP contribution in [-0.2, 0) is 14.3 Å². The second kappa shape index (κ2) is 10.3. The molecule has 8 heteroatoms. The van der Waals surface area contributed by atoms with E-state index >= 15 is 0 Å². The fraction of sp³-hybridized carbons (Fsp3) is 0.375. The van der Waals surface area contributed by atoms with E-state index in [2.05, 4.69) is 22.8 Å². The second-order valence-corrected chi connectivity index (χ2v) is 8.29. The maximum Gasteiger partial charge on any atom is 0.407 e. The van der Waals surface area contributed by atoms with E-state index in [1.807, 2.05) is 36.4 Å². The van der Waals surface area contributed by atoms with Gasteiger partial charge in [0.2, 0.25) is 5.91 Å². The third-order valence-electron chi connectivity index (χ3n) is 5.37. The highest BCUT2D eigenvalue weighted by Crippen LogP contribution is 2.44. The predicted molar refractivity (Wildman–Crippen MR) is 120 cm³/mol. The van der Waals surface area contributed by atoms with Gasteiger partial charge >= 0.3 is 12.1 Å². The van der Waals surface area contributed by atoms with E-state index in [0.717, 1.165) is 22.3 Å². The Morgan fingerprint density at radius 1 is 1.00 bits per heavy atom. The SMILES string of the molecule is C[C@@H](CC(=O)O)NC(=O)[C@H](CN(C)C)NC(=O)OCC1c2ccccc2-c2ccccc21. The number of nitrogens with one attached hydrogen (secondary N) is 2. The summed E-state index contributed by atoms with van der Waals surface area (Å²) in [5.41, 5.74) is 4.47. The van der Waals surface area contributed by atoms with Crippen LogP contribution >= 0.6 is 0 Å². The number of hydrogen-bond donors (Lipinski definition) is 3. The van der Waals surface area contributed by atoms with Crippen molar-refractivity contribution in [1.82, 2.24) is 15.5 Å². The Labute approximate surface area is 187 Å². The number of hydrogen-bond acceptors (Lipinski definition) is 5. The lowest BCUT2D eigenvalue weighted by Gasteiger charge is -2.23. The molecule has 8 nitrogen and oxygen atoms in total. The number of carboxylic acids is 1. The number of fused-ring (bicyclic) bond motifs is 3. The number of amides is 2. The Kier molecular flexibility index (Phi) is 7.48. The van der Waals surface area contributed by atoms with Crippen LogP contribution in [0.5, 0.6) is 0 Å². The average molecular weight is 440 g/mol. The van der Waals surface area contributed by atoms with Crippen LogP contribution in [0.1, 0.15) is 30.4 Å². The summed E-state index contributed by atoms with van der Waals surface area (Å²) in [4.78, 5) is 37.8. The summed E-state index contributed by atoms with van der Waals surface area (Å²) < 4.78 is 5.53. The van der Waals surface area contributed by atoms with Gasteiger partial charge in [-0.3, -0.25) is 9.59 Å². The van der Waals surface area contributed by atoms with Crippen LogP contribution in [0.2, 0.25) is 0 Å². The van der Waals surface area contributed by atoms with Crippen molar-refractivity contribution in [3.05, 3.63) is 59.7 Å². The van der Waals surface area contributed by atoms with E-state index in [4.69, 9.17) is 9.84 Å². The van der Waals surface area contributed by atoms with Gasteiger partial charge < -0.3 is 25.4 Å². The third kappa shape index (κ3) is 5.64. The van der Waals surface area contributed by atoms with Crippen molar-refractivity contribution in [2.24, 2.45) is 0 Å². The number of aliphatic carboxylic acids is 1. The largest absolute Gasteiger partial charge is 0.481 e. The van der Waals surface area contributed by atoms with Crippen molar-refractivity contribution in [1.29, 1.82) is 0 Å². The van der Waals surface area contributed by atoms with Crippen LogP contribution in [0.4, 0.5) is 4.79 Å². The Morgan fingerprint density at radius 2 is 1.56 bits per heavy atom. The van der Waals surface area contributed by atoms with E-state index < -0.39 is 30.1 Å². The normalized spacial score (nSPS) is 14.2. The molecule has 0 unspecified atom stereocenters. The summed E-state index contributed by atoms with van der Waals surface area (Å²) in [6.45, 7) is 1.99. The Bertz CT molecular complexity index is 946. The molecule has 2 atom stereocenters. The molecule has 0 radical (unpaired) electrons. The molecule has 0 spiro atoms. The molecular weight excluding hydrogens is 410 g/mol. The van der Waals surface area contributed by atoms with E-state index in [1.54, 1.807) is 25.9 Å². The maximum absolute atomic E-state index is 12.6. The van der Waals surface area contributed by atoms with Gasteiger partial charge in [-0.05, 0) is 43.3 Å². The molecule has 0 fully saturated rings. The van der Waals surface area contributed by atoms with Crippen LogP contribution in [0.15, 0.2) is 48.5 Å². The number of ether oxygens (including phenoxy) is 1. The molecule has 2 aromatic rings. The standard InChI is InChI=1S/C24H29N3O5/c1-15(12-22(28)29)25-23(30)21(13-27(2)3)26-24(31)32-14-20-18-10-6-4-8-16(18)17-9-5-7-11-19(17)20/h4-11,15,20-21H,12-14H2,1-3H3,(H,25,30)(H,26,31)(H,28,29)/t15-,21-/m0/s1. The zero-order valence-corrected chi connectivity index (χ0v) is 18.5. The van der Waals surface area contributed by atoms with Crippen LogP contribution in [0.25, 0.3) is 11.1 Å². The van der Waals surface area contributed by atoms with Gasteiger partial charge in [-0.1, -0.05) is 48.5 Å². The van der Waals surface area contributed by atoms with Crippen LogP contribution in [0, 0.1) is 0 Å². The fourth-order valence-electron chi connectivity index (χ4n) is 4.00. The summed E-state index contributed by atoms with van der Waals surface area (Å²) in [7, 11) is 3.56. The van der Waals surface area contributed by atoms with Crippen LogP contribution in [-0.4, -0.2) is 67.3 Å². The first-order chi connectivity index (χ1) is 15.3. The second-order valence-electron chi connectivity index (χ2n) is 8.29. The molecule has 0 bridgehead atoms. The summed E-state index contributed by atoms with van der Waals surface area (Å²) in [5, 5.41) is 14.1. The number of likely N-dealkylation sites (N-methyl/N-ethyl adjacent to an activating group) is 1. The smallest absolute Gasteiger partial charge is 0.407 e. The van der Waals surface area contributed by atoms with Crippen molar-refractivity contribution in [2.45, 2.75) is 31.3 Å². The molecule has 3 rings (SSSR count). The Morgan fingerprint density at radius 3 is 2.09 bits per heavy atom. The summed E-state index contributed by atoms with van der Waals surface area (Å²) in [6.07, 6.45) is -0.898. The number of benzene rings is 2. The molecule has 3 N–H and O–H groups in total. The number of carbonyl (C=O) groups is 3. The molecule has 1 aliphatic rings. The highest BCUT2D eigenvalue weighted by Gasteiger charge is 2.30. The van der Waals surface area contributed by atoms with Crippen molar-refractivity contribution < 1.29 is 24.2 Å². The molecule has 32 heavy (non-hydrogen) atoms. The summed E-state index contributed by atoms with van der Waals surface area (Å²) >= 11 is 0. The van der Waals surface area contributed by atoms with E-state index in [0.29, 0.717) is 0 Å². The molecule has 0 saturated carbocycles. The molecule has 1 aliphatic carbocycles. The average Bonchev–Trinajstić information content (AvgIpc) is 3.04. The van der Waals surface area contributed by atoms with Gasteiger partial charge in [-0.15, -0.1) is 0 Å².